The summed E-state index contributed by atoms with van der Waals surface area (Å²) in [5.41, 5.74) is 9.22. The van der Waals surface area contributed by atoms with Crippen LogP contribution in [0.3, 0.4) is 0 Å². The Kier molecular flexibility index (Phi) is 11.1. The lowest BCUT2D eigenvalue weighted by molar-refractivity contribution is 0.304. The Labute approximate surface area is 204 Å². The van der Waals surface area contributed by atoms with E-state index in [9.17, 15) is 0 Å². The van der Waals surface area contributed by atoms with Crippen LogP contribution >= 0.6 is 0 Å². The van der Waals surface area contributed by atoms with Crippen molar-refractivity contribution in [1.82, 2.24) is 15.4 Å². The number of hydrogen-bond donors (Lipinski definition) is 3. The van der Waals surface area contributed by atoms with Gasteiger partial charge in [0.1, 0.15) is 0 Å². The first-order valence-electron chi connectivity index (χ1n) is 11.5. The van der Waals surface area contributed by atoms with Crippen LogP contribution in [0.5, 0.6) is 0 Å². The number of nitrogens with one attached hydrogen (secondary N) is 3. The number of allylic oxidation sites excluding steroid dienone is 4. The maximum absolute atomic E-state index is 7.42. The van der Waals surface area contributed by atoms with Crippen molar-refractivity contribution in [2.75, 3.05) is 11.9 Å². The molecule has 0 saturated heterocycles. The highest BCUT2D eigenvalue weighted by molar-refractivity contribution is 5.80. The Morgan fingerprint density at radius 2 is 2.06 bits per heavy atom. The summed E-state index contributed by atoms with van der Waals surface area (Å²) in [4.78, 5) is 4.27. The van der Waals surface area contributed by atoms with E-state index in [-0.39, 0.29) is 0 Å². The molecule has 3 N–H and O–H groups in total. The molecule has 0 aliphatic carbocycles. The normalized spacial score (nSPS) is 12.8. The lowest BCUT2D eigenvalue weighted by Crippen LogP contribution is -2.35. The van der Waals surface area contributed by atoms with Crippen LogP contribution in [0.4, 0.5) is 5.69 Å². The molecule has 0 spiro atoms. The fourth-order valence-corrected chi connectivity index (χ4v) is 3.07. The highest BCUT2D eigenvalue weighted by Gasteiger charge is 2.13. The standard InChI is InChI=1S/C29H35N5/c1-6-24(4)25(5)34(33-17-15-23(3)19-32-29-13-9-8-10-14-29)22-27(12-11-16-30)28-18-26(7-2)20-31-21-28/h2,8-14,16,18-22,24,30,32-33H,5-6,15,17H2,1,3-4H3/b12-11-,23-19+,27-22+,30-16?. The van der Waals surface area contributed by atoms with Crippen molar-refractivity contribution in [3.05, 3.63) is 102 Å². The zero-order valence-corrected chi connectivity index (χ0v) is 20.4. The second-order valence-electron chi connectivity index (χ2n) is 8.05. The maximum Gasteiger partial charge on any atom is 0.0432 e. The molecule has 1 aromatic carbocycles. The zero-order chi connectivity index (χ0) is 24.8. The Bertz CT molecular complexity index is 1070. The van der Waals surface area contributed by atoms with Gasteiger partial charge in [0, 0.05) is 59.4 Å². The predicted octanol–water partition coefficient (Wildman–Crippen LogP) is 6.38. The molecular weight excluding hydrogens is 418 g/mol. The van der Waals surface area contributed by atoms with E-state index in [0.29, 0.717) is 11.5 Å². The molecule has 0 aliphatic rings. The number of rotatable bonds is 13. The van der Waals surface area contributed by atoms with E-state index in [1.165, 1.54) is 11.8 Å². The molecule has 5 heteroatoms. The largest absolute Gasteiger partial charge is 0.362 e. The van der Waals surface area contributed by atoms with Gasteiger partial charge < -0.3 is 10.7 Å². The van der Waals surface area contributed by atoms with Crippen molar-refractivity contribution in [2.45, 2.75) is 33.6 Å². The number of pyridine rings is 1. The van der Waals surface area contributed by atoms with Gasteiger partial charge in [-0.2, -0.15) is 0 Å². The van der Waals surface area contributed by atoms with Gasteiger partial charge in [-0.1, -0.05) is 56.2 Å². The van der Waals surface area contributed by atoms with Crippen LogP contribution in [0.25, 0.3) is 5.57 Å². The molecule has 0 amide bonds. The second kappa shape index (κ2) is 14.3. The van der Waals surface area contributed by atoms with Crippen molar-refractivity contribution in [3.63, 3.8) is 0 Å². The summed E-state index contributed by atoms with van der Waals surface area (Å²) in [6.07, 6.45) is 19.7. The lowest BCUT2D eigenvalue weighted by atomic mass is 10.0. The van der Waals surface area contributed by atoms with Crippen LogP contribution in [-0.4, -0.2) is 22.8 Å². The van der Waals surface area contributed by atoms with E-state index in [2.05, 4.69) is 49.0 Å². The Balaban J connectivity index is 2.21. The van der Waals surface area contributed by atoms with Gasteiger partial charge in [-0.25, -0.2) is 5.43 Å². The van der Waals surface area contributed by atoms with E-state index >= 15 is 0 Å². The summed E-state index contributed by atoms with van der Waals surface area (Å²) in [5, 5.41) is 12.7. The molecule has 0 fully saturated rings. The summed E-state index contributed by atoms with van der Waals surface area (Å²) < 4.78 is 0. The van der Waals surface area contributed by atoms with Gasteiger partial charge in [-0.05, 0) is 56.2 Å². The molecule has 1 heterocycles. The van der Waals surface area contributed by atoms with E-state index in [1.54, 1.807) is 18.5 Å². The number of hydrazine groups is 1. The quantitative estimate of drug-likeness (QED) is 0.142. The molecule has 34 heavy (non-hydrogen) atoms. The smallest absolute Gasteiger partial charge is 0.0432 e. The SMILES string of the molecule is C#Cc1cncc(C(/C=C\C=N)=C/N(NCC/C(C)=C/Nc2ccccc2)C(=C)C(C)CC)c1. The minimum absolute atomic E-state index is 0.295. The third-order valence-corrected chi connectivity index (χ3v) is 5.43. The number of nitrogens with zero attached hydrogens (tertiary/aromatic N) is 2. The van der Waals surface area contributed by atoms with E-state index < -0.39 is 0 Å². The summed E-state index contributed by atoms with van der Waals surface area (Å²) in [6.45, 7) is 11.5. The van der Waals surface area contributed by atoms with Gasteiger partial charge in [-0.3, -0.25) is 9.99 Å². The van der Waals surface area contributed by atoms with Crippen molar-refractivity contribution >= 4 is 17.5 Å². The minimum Gasteiger partial charge on any atom is -0.362 e. The minimum atomic E-state index is 0.295. The maximum atomic E-state index is 7.42. The number of para-hydroxylation sites is 1. The van der Waals surface area contributed by atoms with Crippen molar-refractivity contribution in [2.24, 2.45) is 5.92 Å². The Morgan fingerprint density at radius 3 is 2.74 bits per heavy atom. The molecule has 0 radical (unpaired) electrons. The van der Waals surface area contributed by atoms with Gasteiger partial charge in [0.15, 0.2) is 0 Å². The third-order valence-electron chi connectivity index (χ3n) is 5.43. The molecule has 1 unspecified atom stereocenters. The summed E-state index contributed by atoms with van der Waals surface area (Å²) in [6, 6.07) is 12.0. The topological polar surface area (TPSA) is 64.0 Å². The van der Waals surface area contributed by atoms with Gasteiger partial charge in [0.05, 0.1) is 0 Å². The van der Waals surface area contributed by atoms with Gasteiger partial charge in [0.2, 0.25) is 0 Å². The lowest BCUT2D eigenvalue weighted by Gasteiger charge is -2.28. The number of anilines is 1. The molecule has 0 saturated carbocycles. The zero-order valence-electron chi connectivity index (χ0n) is 20.4. The van der Waals surface area contributed by atoms with E-state index in [0.717, 1.165) is 41.9 Å². The third kappa shape index (κ3) is 8.57. The molecule has 176 valence electrons. The first kappa shape index (κ1) is 26.4. The van der Waals surface area contributed by atoms with Crippen LogP contribution < -0.4 is 10.7 Å². The van der Waals surface area contributed by atoms with Crippen LogP contribution in [0, 0.1) is 23.7 Å². The Morgan fingerprint density at radius 1 is 1.29 bits per heavy atom. The number of aromatic nitrogens is 1. The number of terminal acetylenes is 1. The number of hydrogen-bond acceptors (Lipinski definition) is 5. The molecule has 2 aromatic rings. The second-order valence-corrected chi connectivity index (χ2v) is 8.05. The average Bonchev–Trinajstić information content (AvgIpc) is 2.88. The van der Waals surface area contributed by atoms with Crippen LogP contribution in [0.1, 0.15) is 44.7 Å². The molecule has 1 atom stereocenters. The van der Waals surface area contributed by atoms with Gasteiger partial charge >= 0.3 is 0 Å². The van der Waals surface area contributed by atoms with Gasteiger partial charge in [-0.15, -0.1) is 6.42 Å². The molecule has 2 rings (SSSR count). The van der Waals surface area contributed by atoms with E-state index in [4.69, 9.17) is 11.8 Å². The van der Waals surface area contributed by atoms with Crippen LogP contribution in [0.15, 0.2) is 91.2 Å². The average molecular weight is 454 g/mol. The Hall–Kier alpha value is -3.88. The van der Waals surface area contributed by atoms with Crippen molar-refractivity contribution in [1.29, 1.82) is 5.41 Å². The first-order chi connectivity index (χ1) is 16.5. The monoisotopic (exact) mass is 453 g/mol. The van der Waals surface area contributed by atoms with Crippen molar-refractivity contribution < 1.29 is 0 Å². The summed E-state index contributed by atoms with van der Waals surface area (Å²) in [5.74, 6) is 2.93. The van der Waals surface area contributed by atoms with Crippen molar-refractivity contribution in [3.8, 4) is 12.3 Å². The fraction of sp³-hybridized carbons (Fsp3) is 0.241. The first-order valence-corrected chi connectivity index (χ1v) is 11.5. The number of benzene rings is 1. The predicted molar refractivity (Wildman–Crippen MR) is 145 cm³/mol. The van der Waals surface area contributed by atoms with E-state index in [1.807, 2.05) is 59.9 Å². The van der Waals surface area contributed by atoms with Crippen LogP contribution in [0.2, 0.25) is 0 Å². The fourth-order valence-electron chi connectivity index (χ4n) is 3.07. The highest BCUT2D eigenvalue weighted by atomic mass is 15.5. The molecule has 5 nitrogen and oxygen atoms in total. The van der Waals surface area contributed by atoms with Crippen LogP contribution in [-0.2, 0) is 0 Å². The molecule has 0 bridgehead atoms. The molecule has 1 aromatic heterocycles. The highest BCUT2D eigenvalue weighted by Crippen LogP contribution is 2.22. The summed E-state index contributed by atoms with van der Waals surface area (Å²) in [7, 11) is 0. The summed E-state index contributed by atoms with van der Waals surface area (Å²) >= 11 is 0. The molecular formula is C29H35N5. The molecule has 0 aliphatic heterocycles. The van der Waals surface area contributed by atoms with Gasteiger partial charge in [0.25, 0.3) is 0 Å².